The number of fused-ring (bicyclic) bond motifs is 2. The molecule has 9 aromatic carbocycles. The third-order valence-corrected chi connectivity index (χ3v) is 12.3. The number of hydrogen-bond donors (Lipinski definition) is 3. The molecule has 0 aliphatic carbocycles. The highest BCUT2D eigenvalue weighted by Gasteiger charge is 2.18. The summed E-state index contributed by atoms with van der Waals surface area (Å²) in [4.78, 5) is 38.5. The van der Waals surface area contributed by atoms with Crippen LogP contribution >= 0.6 is 23.2 Å². The molecule has 11 nitrogen and oxygen atoms in total. The molecule has 0 bridgehead atoms. The monoisotopic (exact) mass is 1030 g/mol. The van der Waals surface area contributed by atoms with Crippen molar-refractivity contribution in [3.63, 3.8) is 0 Å². The minimum atomic E-state index is -0.255. The van der Waals surface area contributed by atoms with E-state index in [9.17, 15) is 14.4 Å². The van der Waals surface area contributed by atoms with Crippen LogP contribution in [0.2, 0.25) is 10.0 Å². The number of nitrogens with zero attached hydrogens (tertiary/aromatic N) is 3. The van der Waals surface area contributed by atoms with Crippen LogP contribution in [-0.4, -0.2) is 37.7 Å². The summed E-state index contributed by atoms with van der Waals surface area (Å²) in [7, 11) is 0. The van der Waals surface area contributed by atoms with Crippen molar-refractivity contribution in [1.29, 1.82) is 0 Å². The van der Waals surface area contributed by atoms with Crippen molar-refractivity contribution >= 4 is 98.4 Å². The first-order chi connectivity index (χ1) is 37.2. The van der Waals surface area contributed by atoms with Crippen molar-refractivity contribution in [1.82, 2.24) is 20.0 Å². The van der Waals surface area contributed by atoms with Crippen molar-refractivity contribution in [3.05, 3.63) is 274 Å². The van der Waals surface area contributed by atoms with Crippen LogP contribution < -0.4 is 20.1 Å². The second-order valence-electron chi connectivity index (χ2n) is 17.1. The molecule has 0 aliphatic rings. The Morgan fingerprint density at radius 3 is 1.43 bits per heavy atom. The molecule has 11 aromatic rings. The Bertz CT molecular complexity index is 3900. The molecule has 2 heterocycles. The number of hydrogen-bond acceptors (Lipinski definition) is 7. The molecule has 0 fully saturated rings. The Balaban J connectivity index is 0.000000177. The Hall–Kier alpha value is -9.81. The largest absolute Gasteiger partial charge is 0.457 e. The molecule has 76 heavy (non-hydrogen) atoms. The van der Waals surface area contributed by atoms with Gasteiger partial charge in [0.25, 0.3) is 17.7 Å². The molecule has 0 radical (unpaired) electrons. The van der Waals surface area contributed by atoms with Crippen LogP contribution in [0.15, 0.2) is 224 Å². The molecular weight excluding hydrogens is 992 g/mol. The number of benzene rings is 9. The number of nitrogens with one attached hydrogen (secondary N) is 3. The van der Waals surface area contributed by atoms with Gasteiger partial charge in [0.1, 0.15) is 23.0 Å². The highest BCUT2D eigenvalue weighted by atomic mass is 35.5. The minimum Gasteiger partial charge on any atom is -0.457 e. The molecular formula is C63H44Cl2N6O5. The summed E-state index contributed by atoms with van der Waals surface area (Å²) in [6, 6.07) is 67.9. The zero-order valence-electron chi connectivity index (χ0n) is 40.3. The number of ether oxygens (including phenoxy) is 2. The summed E-state index contributed by atoms with van der Waals surface area (Å²) in [5.74, 6) is 1.69. The molecule has 2 aromatic heterocycles. The number of aromatic nitrogens is 4. The summed E-state index contributed by atoms with van der Waals surface area (Å²) in [5.41, 5.74) is 7.87. The highest BCUT2D eigenvalue weighted by molar-refractivity contribution is 6.31. The zero-order valence-corrected chi connectivity index (χ0v) is 41.8. The van der Waals surface area contributed by atoms with E-state index in [0.29, 0.717) is 72.3 Å². The Morgan fingerprint density at radius 2 is 0.908 bits per heavy atom. The summed E-state index contributed by atoms with van der Waals surface area (Å²) in [5, 5.41) is 21.1. The van der Waals surface area contributed by atoms with Gasteiger partial charge in [-0.15, -0.1) is 0 Å². The molecule has 370 valence electrons. The van der Waals surface area contributed by atoms with Crippen molar-refractivity contribution < 1.29 is 23.9 Å². The normalized spacial score (nSPS) is 11.1. The standard InChI is InChI=1S/C35H24ClN3O3.C28H20ClN3O2/c36-27-17-14-24(15-18-27)16-21-32-31-20-19-30(23-33(31)39(38-32)35(41)26-10-5-2-6-11-26)42-29-13-7-12-28(22-29)37-34(40)25-8-3-1-4-9-25;29-21-12-9-19(10-13-21)11-16-26-25-15-14-24(18-27(25)32-31-26)34-23-8-4-7-22(17-23)30-28(33)20-5-2-1-3-6-20/h1-23H,(H,37,40);1-18H,(H,30,33)(H,31,32)/b21-16+;16-11+. The molecule has 0 saturated carbocycles. The van der Waals surface area contributed by atoms with E-state index >= 15 is 0 Å². The fourth-order valence-electron chi connectivity index (χ4n) is 8.00. The van der Waals surface area contributed by atoms with Gasteiger partial charge in [-0.2, -0.15) is 14.9 Å². The van der Waals surface area contributed by atoms with E-state index in [2.05, 4.69) is 25.9 Å². The van der Waals surface area contributed by atoms with Crippen LogP contribution in [-0.2, 0) is 0 Å². The van der Waals surface area contributed by atoms with Gasteiger partial charge in [0, 0.05) is 73.1 Å². The molecule has 2 amide bonds. The first-order valence-corrected chi connectivity index (χ1v) is 24.7. The highest BCUT2D eigenvalue weighted by Crippen LogP contribution is 2.32. The minimum absolute atomic E-state index is 0.171. The van der Waals surface area contributed by atoms with Gasteiger partial charge < -0.3 is 20.1 Å². The molecule has 0 aliphatic heterocycles. The van der Waals surface area contributed by atoms with Crippen LogP contribution in [0, 0.1) is 0 Å². The molecule has 3 N–H and O–H groups in total. The van der Waals surface area contributed by atoms with Crippen molar-refractivity contribution in [3.8, 4) is 23.0 Å². The van der Waals surface area contributed by atoms with Gasteiger partial charge in [-0.3, -0.25) is 19.5 Å². The third kappa shape index (κ3) is 12.5. The van der Waals surface area contributed by atoms with Gasteiger partial charge in [-0.1, -0.05) is 126 Å². The average molecular weight is 1040 g/mol. The van der Waals surface area contributed by atoms with E-state index in [-0.39, 0.29) is 17.7 Å². The number of rotatable bonds is 13. The molecule has 0 unspecified atom stereocenters. The quantitative estimate of drug-likeness (QED) is 0.104. The topological polar surface area (TPSA) is 140 Å². The number of halogens is 2. The zero-order chi connectivity index (χ0) is 52.2. The van der Waals surface area contributed by atoms with Gasteiger partial charge >= 0.3 is 0 Å². The van der Waals surface area contributed by atoms with E-state index in [1.165, 1.54) is 4.68 Å². The maximum Gasteiger partial charge on any atom is 0.278 e. The fourth-order valence-corrected chi connectivity index (χ4v) is 8.26. The predicted molar refractivity (Wildman–Crippen MR) is 305 cm³/mol. The van der Waals surface area contributed by atoms with Crippen molar-refractivity contribution in [2.45, 2.75) is 0 Å². The molecule has 13 heteroatoms. The summed E-state index contributed by atoms with van der Waals surface area (Å²) >= 11 is 12.0. The summed E-state index contributed by atoms with van der Waals surface area (Å²) < 4.78 is 13.6. The number of anilines is 2. The lowest BCUT2D eigenvalue weighted by Crippen LogP contribution is -2.13. The number of carbonyl (C=O) groups is 3. The third-order valence-electron chi connectivity index (χ3n) is 11.8. The first-order valence-electron chi connectivity index (χ1n) is 23.9. The van der Waals surface area contributed by atoms with Gasteiger partial charge in [0.05, 0.1) is 22.4 Å². The smallest absolute Gasteiger partial charge is 0.278 e. The number of carbonyl (C=O) groups excluding carboxylic acids is 3. The van der Waals surface area contributed by atoms with Gasteiger partial charge in [-0.05, 0) is 132 Å². The molecule has 0 saturated heterocycles. The maximum absolute atomic E-state index is 13.5. The Kier molecular flexibility index (Phi) is 15.3. The Labute approximate surface area is 447 Å². The van der Waals surface area contributed by atoms with E-state index in [4.69, 9.17) is 32.7 Å². The van der Waals surface area contributed by atoms with Crippen molar-refractivity contribution in [2.75, 3.05) is 10.6 Å². The van der Waals surface area contributed by atoms with E-state index in [1.807, 2.05) is 176 Å². The number of amides is 2. The van der Waals surface area contributed by atoms with Crippen molar-refractivity contribution in [2.24, 2.45) is 0 Å². The number of H-pyrrole nitrogens is 1. The fraction of sp³-hybridized carbons (Fsp3) is 0. The first kappa shape index (κ1) is 49.8. The maximum atomic E-state index is 13.5. The second-order valence-corrected chi connectivity index (χ2v) is 18.0. The Morgan fingerprint density at radius 1 is 0.447 bits per heavy atom. The number of aromatic amines is 1. The van der Waals surface area contributed by atoms with E-state index in [0.717, 1.165) is 33.1 Å². The van der Waals surface area contributed by atoms with Gasteiger partial charge in [0.15, 0.2) is 0 Å². The second kappa shape index (κ2) is 23.4. The van der Waals surface area contributed by atoms with Crippen LogP contribution in [0.4, 0.5) is 11.4 Å². The SMILES string of the molecule is O=C(Nc1cccc(Oc2ccc3c(/C=C/c4ccc(Cl)cc4)n[nH]c3c2)c1)c1ccccc1.O=C(Nc1cccc(Oc2ccc3c(/C=C/c4ccc(Cl)cc4)nn(C(=O)c4ccccc4)c3c2)c1)c1ccccc1. The lowest BCUT2D eigenvalue weighted by molar-refractivity contribution is 0.0948. The summed E-state index contributed by atoms with van der Waals surface area (Å²) in [6.07, 6.45) is 7.75. The predicted octanol–water partition coefficient (Wildman–Crippen LogP) is 16.0. The van der Waals surface area contributed by atoms with E-state index in [1.54, 1.807) is 72.8 Å². The lowest BCUT2D eigenvalue weighted by atomic mass is 10.1. The van der Waals surface area contributed by atoms with Gasteiger partial charge in [-0.25, -0.2) is 0 Å². The van der Waals surface area contributed by atoms with E-state index < -0.39 is 0 Å². The molecule has 0 spiro atoms. The molecule has 11 rings (SSSR count). The molecule has 0 atom stereocenters. The lowest BCUT2D eigenvalue weighted by Gasteiger charge is -2.10. The van der Waals surface area contributed by atoms with Gasteiger partial charge in [0.2, 0.25) is 0 Å². The van der Waals surface area contributed by atoms with Crippen LogP contribution in [0.5, 0.6) is 23.0 Å². The van der Waals surface area contributed by atoms with Crippen LogP contribution in [0.1, 0.15) is 53.6 Å². The van der Waals surface area contributed by atoms with Crippen LogP contribution in [0.25, 0.3) is 46.1 Å². The summed E-state index contributed by atoms with van der Waals surface area (Å²) in [6.45, 7) is 0. The average Bonchev–Trinajstić information content (AvgIpc) is 4.07. The van der Waals surface area contributed by atoms with Crippen LogP contribution in [0.3, 0.4) is 0 Å².